The van der Waals surface area contributed by atoms with Crippen LogP contribution in [0.2, 0.25) is 0 Å². The monoisotopic (exact) mass is 337 g/mol. The highest BCUT2D eigenvalue weighted by molar-refractivity contribution is 6.01. The van der Waals surface area contributed by atoms with E-state index in [1.807, 2.05) is 29.2 Å². The largest absolute Gasteiger partial charge is 0.361 e. The number of nitrogens with zero attached hydrogens (tertiary/aromatic N) is 2. The molecule has 0 spiro atoms. The third-order valence-corrected chi connectivity index (χ3v) is 5.76. The van der Waals surface area contributed by atoms with Gasteiger partial charge in [0.1, 0.15) is 6.17 Å². The maximum Gasteiger partial charge on any atom is 0.258 e. The second-order valence-corrected chi connectivity index (χ2v) is 7.49. The fourth-order valence-electron chi connectivity index (χ4n) is 4.12. The molecule has 2 aliphatic rings. The van der Waals surface area contributed by atoms with Crippen molar-refractivity contribution in [2.24, 2.45) is 0 Å². The van der Waals surface area contributed by atoms with Crippen LogP contribution in [-0.2, 0) is 0 Å². The molecule has 1 N–H and O–H groups in total. The van der Waals surface area contributed by atoms with Crippen molar-refractivity contribution in [3.63, 3.8) is 0 Å². The maximum atomic E-state index is 13.2. The number of anilines is 1. The molecule has 4 nitrogen and oxygen atoms in total. The van der Waals surface area contributed by atoms with E-state index in [0.29, 0.717) is 6.04 Å². The van der Waals surface area contributed by atoms with Gasteiger partial charge < -0.3 is 14.8 Å². The van der Waals surface area contributed by atoms with Crippen LogP contribution in [0.3, 0.4) is 0 Å². The molecule has 25 heavy (non-hydrogen) atoms. The Morgan fingerprint density at radius 3 is 2.64 bits per heavy atom. The summed E-state index contributed by atoms with van der Waals surface area (Å²) in [5, 5.41) is 3.64. The number of hydrogen-bond donors (Lipinski definition) is 1. The lowest BCUT2D eigenvalue weighted by atomic mass is 10.0. The van der Waals surface area contributed by atoms with Crippen molar-refractivity contribution in [2.75, 3.05) is 5.32 Å². The lowest BCUT2D eigenvalue weighted by molar-refractivity contribution is 0.0593. The average Bonchev–Trinajstić information content (AvgIpc) is 3.39. The summed E-state index contributed by atoms with van der Waals surface area (Å²) in [6, 6.07) is 11.0. The van der Waals surface area contributed by atoms with Crippen LogP contribution in [0.25, 0.3) is 0 Å². The minimum Gasteiger partial charge on any atom is -0.361 e. The number of aromatic nitrogens is 1. The zero-order chi connectivity index (χ0) is 17.7. The van der Waals surface area contributed by atoms with Gasteiger partial charge in [-0.25, -0.2) is 0 Å². The Labute approximate surface area is 149 Å². The SMILES string of the molecule is CC[C@@H](C)N1C(=O)c2ccccc2N[C@@H]1c1cc(C)n(C2CC2)c1C. The van der Waals surface area contributed by atoms with E-state index in [-0.39, 0.29) is 18.1 Å². The molecule has 132 valence electrons. The molecule has 0 radical (unpaired) electrons. The summed E-state index contributed by atoms with van der Waals surface area (Å²) < 4.78 is 2.46. The quantitative estimate of drug-likeness (QED) is 0.870. The summed E-state index contributed by atoms with van der Waals surface area (Å²) >= 11 is 0. The van der Waals surface area contributed by atoms with Crippen LogP contribution in [0, 0.1) is 13.8 Å². The standard InChI is InChI=1S/C21H27N3O/c1-5-13(2)24-20(22-19-9-7-6-8-17(19)21(24)25)18-12-14(3)23(15(18)4)16-10-11-16/h6-9,12-13,16,20,22H,5,10-11H2,1-4H3/t13-,20+/m1/s1. The summed E-state index contributed by atoms with van der Waals surface area (Å²) in [4.78, 5) is 15.3. The van der Waals surface area contributed by atoms with Crippen molar-refractivity contribution in [3.8, 4) is 0 Å². The van der Waals surface area contributed by atoms with Crippen molar-refractivity contribution in [3.05, 3.63) is 52.8 Å². The fraction of sp³-hybridized carbons (Fsp3) is 0.476. The van der Waals surface area contributed by atoms with E-state index in [9.17, 15) is 4.79 Å². The average molecular weight is 337 g/mol. The van der Waals surface area contributed by atoms with Crippen molar-refractivity contribution in [1.82, 2.24) is 9.47 Å². The zero-order valence-corrected chi connectivity index (χ0v) is 15.5. The van der Waals surface area contributed by atoms with Gasteiger partial charge in [-0.15, -0.1) is 0 Å². The molecule has 1 aliphatic heterocycles. The van der Waals surface area contributed by atoms with E-state index < -0.39 is 0 Å². The van der Waals surface area contributed by atoms with Crippen LogP contribution in [0.1, 0.15) is 72.6 Å². The number of benzene rings is 1. The van der Waals surface area contributed by atoms with Gasteiger partial charge in [0.05, 0.1) is 5.56 Å². The van der Waals surface area contributed by atoms with Gasteiger partial charge in [0.2, 0.25) is 0 Å². The van der Waals surface area contributed by atoms with Gasteiger partial charge in [-0.2, -0.15) is 0 Å². The molecule has 4 rings (SSSR count). The second-order valence-electron chi connectivity index (χ2n) is 7.49. The zero-order valence-electron chi connectivity index (χ0n) is 15.5. The number of amides is 1. The van der Waals surface area contributed by atoms with Crippen LogP contribution in [0.5, 0.6) is 0 Å². The van der Waals surface area contributed by atoms with E-state index >= 15 is 0 Å². The van der Waals surface area contributed by atoms with Gasteiger partial charge >= 0.3 is 0 Å². The second kappa shape index (κ2) is 5.94. The summed E-state index contributed by atoms with van der Waals surface area (Å²) in [7, 11) is 0. The van der Waals surface area contributed by atoms with E-state index in [1.165, 1.54) is 29.8 Å². The molecule has 2 heterocycles. The predicted octanol–water partition coefficient (Wildman–Crippen LogP) is 4.80. The van der Waals surface area contributed by atoms with Crippen LogP contribution < -0.4 is 5.32 Å². The van der Waals surface area contributed by atoms with Gasteiger partial charge in [0.25, 0.3) is 5.91 Å². The summed E-state index contributed by atoms with van der Waals surface area (Å²) in [6.07, 6.45) is 3.37. The molecular weight excluding hydrogens is 310 g/mol. The minimum absolute atomic E-state index is 0.101. The van der Waals surface area contributed by atoms with Gasteiger partial charge in [-0.05, 0) is 58.2 Å². The number of aryl methyl sites for hydroxylation is 1. The number of carbonyl (C=O) groups excluding carboxylic acids is 1. The minimum atomic E-state index is -0.101. The number of rotatable bonds is 4. The molecule has 2 atom stereocenters. The van der Waals surface area contributed by atoms with Crippen LogP contribution in [-0.4, -0.2) is 21.4 Å². The molecule has 2 aromatic rings. The van der Waals surface area contributed by atoms with Gasteiger partial charge in [0.15, 0.2) is 0 Å². The Bertz CT molecular complexity index is 819. The van der Waals surface area contributed by atoms with Crippen LogP contribution in [0.15, 0.2) is 30.3 Å². The molecule has 1 fully saturated rings. The summed E-state index contributed by atoms with van der Waals surface area (Å²) in [6.45, 7) is 8.66. The highest BCUT2D eigenvalue weighted by atomic mass is 16.2. The number of nitrogens with one attached hydrogen (secondary N) is 1. The molecule has 1 aromatic heterocycles. The van der Waals surface area contributed by atoms with Gasteiger partial charge in [-0.3, -0.25) is 4.79 Å². The molecule has 0 unspecified atom stereocenters. The Hall–Kier alpha value is -2.23. The Balaban J connectivity index is 1.82. The van der Waals surface area contributed by atoms with E-state index in [0.717, 1.165) is 17.7 Å². The number of hydrogen-bond acceptors (Lipinski definition) is 2. The topological polar surface area (TPSA) is 37.3 Å². The third kappa shape index (κ3) is 2.55. The molecule has 0 saturated heterocycles. The molecular formula is C21H27N3O. The number of carbonyl (C=O) groups is 1. The normalized spacial score (nSPS) is 21.0. The Morgan fingerprint density at radius 2 is 1.96 bits per heavy atom. The van der Waals surface area contributed by atoms with Gasteiger partial charge in [0, 0.05) is 34.7 Å². The summed E-state index contributed by atoms with van der Waals surface area (Å²) in [5.74, 6) is 0.130. The Kier molecular flexibility index (Phi) is 3.86. The molecule has 1 amide bonds. The Morgan fingerprint density at radius 1 is 1.24 bits per heavy atom. The molecule has 1 aromatic carbocycles. The van der Waals surface area contributed by atoms with Crippen molar-refractivity contribution < 1.29 is 4.79 Å². The van der Waals surface area contributed by atoms with Gasteiger partial charge in [-0.1, -0.05) is 19.1 Å². The number of para-hydroxylation sites is 1. The van der Waals surface area contributed by atoms with E-state index in [2.05, 4.69) is 43.6 Å². The van der Waals surface area contributed by atoms with Crippen molar-refractivity contribution >= 4 is 11.6 Å². The first-order valence-electron chi connectivity index (χ1n) is 9.39. The first kappa shape index (κ1) is 16.2. The van der Waals surface area contributed by atoms with Crippen molar-refractivity contribution in [2.45, 2.75) is 65.2 Å². The first-order valence-corrected chi connectivity index (χ1v) is 9.39. The summed E-state index contributed by atoms with van der Waals surface area (Å²) in [5.41, 5.74) is 5.53. The highest BCUT2D eigenvalue weighted by Crippen LogP contribution is 2.42. The molecule has 1 aliphatic carbocycles. The smallest absolute Gasteiger partial charge is 0.258 e. The highest BCUT2D eigenvalue weighted by Gasteiger charge is 2.38. The molecule has 0 bridgehead atoms. The van der Waals surface area contributed by atoms with Crippen molar-refractivity contribution in [1.29, 1.82) is 0 Å². The van der Waals surface area contributed by atoms with E-state index in [4.69, 9.17) is 0 Å². The maximum absolute atomic E-state index is 13.2. The first-order chi connectivity index (χ1) is 12.0. The molecule has 4 heteroatoms. The van der Waals surface area contributed by atoms with E-state index in [1.54, 1.807) is 0 Å². The van der Waals surface area contributed by atoms with Crippen LogP contribution in [0.4, 0.5) is 5.69 Å². The predicted molar refractivity (Wildman–Crippen MR) is 101 cm³/mol. The van der Waals surface area contributed by atoms with Crippen LogP contribution >= 0.6 is 0 Å². The number of fused-ring (bicyclic) bond motifs is 1. The lowest BCUT2D eigenvalue weighted by Gasteiger charge is -2.41. The third-order valence-electron chi connectivity index (χ3n) is 5.76. The fourth-order valence-corrected chi connectivity index (χ4v) is 4.12. The lowest BCUT2D eigenvalue weighted by Crippen LogP contribution is -2.47. The molecule has 1 saturated carbocycles.